The Morgan fingerprint density at radius 1 is 1.33 bits per heavy atom. The third kappa shape index (κ3) is 7.75. The number of halogens is 2. The van der Waals surface area contributed by atoms with E-state index in [1.165, 1.54) is 6.07 Å². The summed E-state index contributed by atoms with van der Waals surface area (Å²) >= 11 is 0. The molecule has 0 fully saturated rings. The number of hydrogen-bond donors (Lipinski definition) is 2. The molecule has 2 rings (SSSR count). The summed E-state index contributed by atoms with van der Waals surface area (Å²) in [5, 5.41) is 14.6. The smallest absolute Gasteiger partial charge is 0.192 e. The SMILES string of the molecule is CCOCCCNC(=NCc1ncccc1F)NCc1nnc(C)n1C.I. The largest absolute Gasteiger partial charge is 0.382 e. The molecule has 0 aliphatic rings. The number of guanidine groups is 1. The van der Waals surface area contributed by atoms with E-state index < -0.39 is 0 Å². The monoisotopic (exact) mass is 491 g/mol. The van der Waals surface area contributed by atoms with Crippen molar-refractivity contribution in [2.45, 2.75) is 33.4 Å². The molecule has 0 aliphatic carbocycles. The third-order valence-electron chi connectivity index (χ3n) is 3.78. The standard InChI is InChI=1S/C17H26FN7O.HI/c1-4-26-10-6-9-20-17(21-11-15-14(18)7-5-8-19-15)22-12-16-24-23-13(2)25(16)3;/h5,7-8H,4,6,9-12H2,1-3H3,(H2,20,21,22);1H. The second kappa shape index (κ2) is 12.5. The number of rotatable bonds is 9. The zero-order valence-corrected chi connectivity index (χ0v) is 18.2. The Bertz CT molecular complexity index is 723. The van der Waals surface area contributed by atoms with Gasteiger partial charge in [-0.1, -0.05) is 0 Å². The number of ether oxygens (including phenoxy) is 1. The lowest BCUT2D eigenvalue weighted by molar-refractivity contribution is 0.145. The first-order valence-electron chi connectivity index (χ1n) is 8.66. The van der Waals surface area contributed by atoms with Gasteiger partial charge in [-0.05, 0) is 32.4 Å². The number of nitrogens with zero attached hydrogens (tertiary/aromatic N) is 5. The Hall–Kier alpha value is -1.82. The molecule has 0 saturated carbocycles. The molecule has 27 heavy (non-hydrogen) atoms. The molecule has 2 aromatic heterocycles. The van der Waals surface area contributed by atoms with Gasteiger partial charge in [0.1, 0.15) is 11.6 Å². The van der Waals surface area contributed by atoms with Crippen LogP contribution in [0.1, 0.15) is 30.7 Å². The lowest BCUT2D eigenvalue weighted by Crippen LogP contribution is -2.38. The van der Waals surface area contributed by atoms with Gasteiger partial charge in [0, 0.05) is 33.0 Å². The Morgan fingerprint density at radius 2 is 2.15 bits per heavy atom. The van der Waals surface area contributed by atoms with E-state index in [4.69, 9.17) is 4.74 Å². The molecule has 0 spiro atoms. The maximum absolute atomic E-state index is 13.7. The molecule has 10 heteroatoms. The second-order valence-corrected chi connectivity index (χ2v) is 5.65. The fraction of sp³-hybridized carbons (Fsp3) is 0.529. The molecule has 150 valence electrons. The highest BCUT2D eigenvalue weighted by atomic mass is 127. The topological polar surface area (TPSA) is 89.2 Å². The van der Waals surface area contributed by atoms with Gasteiger partial charge < -0.3 is 19.9 Å². The summed E-state index contributed by atoms with van der Waals surface area (Å²) in [6.07, 6.45) is 2.40. The molecule has 0 amide bonds. The van der Waals surface area contributed by atoms with Gasteiger partial charge >= 0.3 is 0 Å². The zero-order chi connectivity index (χ0) is 18.8. The molecule has 2 heterocycles. The highest BCUT2D eigenvalue weighted by molar-refractivity contribution is 14.0. The maximum atomic E-state index is 13.7. The van der Waals surface area contributed by atoms with Crippen molar-refractivity contribution in [3.63, 3.8) is 0 Å². The normalized spacial score (nSPS) is 11.2. The van der Waals surface area contributed by atoms with Crippen LogP contribution in [0.25, 0.3) is 0 Å². The van der Waals surface area contributed by atoms with Gasteiger partial charge in [0.05, 0.1) is 18.8 Å². The van der Waals surface area contributed by atoms with Crippen LogP contribution in [-0.4, -0.2) is 45.5 Å². The van der Waals surface area contributed by atoms with Crippen molar-refractivity contribution in [1.82, 2.24) is 30.4 Å². The molecule has 0 bridgehead atoms. The number of aryl methyl sites for hydroxylation is 1. The lowest BCUT2D eigenvalue weighted by Gasteiger charge is -2.12. The van der Waals surface area contributed by atoms with Crippen molar-refractivity contribution in [2.75, 3.05) is 19.8 Å². The zero-order valence-electron chi connectivity index (χ0n) is 15.9. The van der Waals surface area contributed by atoms with E-state index >= 15 is 0 Å². The van der Waals surface area contributed by atoms with Gasteiger partial charge in [-0.3, -0.25) is 4.98 Å². The molecular formula is C17H27FIN7O. The molecule has 0 saturated heterocycles. The summed E-state index contributed by atoms with van der Waals surface area (Å²) in [7, 11) is 1.90. The van der Waals surface area contributed by atoms with Crippen molar-refractivity contribution >= 4 is 29.9 Å². The first-order valence-corrected chi connectivity index (χ1v) is 8.66. The van der Waals surface area contributed by atoms with Crippen LogP contribution >= 0.6 is 24.0 Å². The summed E-state index contributed by atoms with van der Waals surface area (Å²) in [4.78, 5) is 8.44. The maximum Gasteiger partial charge on any atom is 0.192 e. The van der Waals surface area contributed by atoms with E-state index in [1.807, 2.05) is 25.5 Å². The van der Waals surface area contributed by atoms with Crippen LogP contribution < -0.4 is 10.6 Å². The Morgan fingerprint density at radius 3 is 2.81 bits per heavy atom. The quantitative estimate of drug-likeness (QED) is 0.241. The van der Waals surface area contributed by atoms with E-state index in [0.717, 1.165) is 18.1 Å². The van der Waals surface area contributed by atoms with Gasteiger partial charge in [-0.2, -0.15) is 0 Å². The van der Waals surface area contributed by atoms with Crippen LogP contribution in [0, 0.1) is 12.7 Å². The third-order valence-corrected chi connectivity index (χ3v) is 3.78. The van der Waals surface area contributed by atoms with Crippen molar-refractivity contribution in [2.24, 2.45) is 12.0 Å². The molecule has 2 aromatic rings. The number of hydrogen-bond acceptors (Lipinski definition) is 5. The number of aromatic nitrogens is 4. The van der Waals surface area contributed by atoms with E-state index in [-0.39, 0.29) is 36.3 Å². The summed E-state index contributed by atoms with van der Waals surface area (Å²) < 4.78 is 21.0. The van der Waals surface area contributed by atoms with Gasteiger partial charge in [-0.25, -0.2) is 9.38 Å². The second-order valence-electron chi connectivity index (χ2n) is 5.65. The van der Waals surface area contributed by atoms with E-state index in [2.05, 4.69) is 30.8 Å². The van der Waals surface area contributed by atoms with E-state index in [9.17, 15) is 4.39 Å². The average Bonchev–Trinajstić information content (AvgIpc) is 2.96. The van der Waals surface area contributed by atoms with Crippen LogP contribution in [0.2, 0.25) is 0 Å². The first-order chi connectivity index (χ1) is 12.6. The van der Waals surface area contributed by atoms with Gasteiger partial charge in [0.2, 0.25) is 0 Å². The summed E-state index contributed by atoms with van der Waals surface area (Å²) in [5.74, 6) is 1.82. The van der Waals surface area contributed by atoms with Crippen molar-refractivity contribution in [3.8, 4) is 0 Å². The van der Waals surface area contributed by atoms with Crippen molar-refractivity contribution in [3.05, 3.63) is 41.5 Å². The minimum atomic E-state index is -0.365. The Labute approximate surface area is 176 Å². The van der Waals surface area contributed by atoms with Crippen molar-refractivity contribution < 1.29 is 9.13 Å². The van der Waals surface area contributed by atoms with Crippen LogP contribution in [0.15, 0.2) is 23.3 Å². The lowest BCUT2D eigenvalue weighted by atomic mass is 10.3. The van der Waals surface area contributed by atoms with Crippen LogP contribution in [0.5, 0.6) is 0 Å². The number of nitrogens with one attached hydrogen (secondary N) is 2. The number of aliphatic imine (C=N–C) groups is 1. The molecule has 0 radical (unpaired) electrons. The van der Waals surface area contributed by atoms with Gasteiger partial charge in [0.15, 0.2) is 11.8 Å². The van der Waals surface area contributed by atoms with Crippen molar-refractivity contribution in [1.29, 1.82) is 0 Å². The first kappa shape index (κ1) is 23.2. The summed E-state index contributed by atoms with van der Waals surface area (Å²) in [5.41, 5.74) is 0.303. The summed E-state index contributed by atoms with van der Waals surface area (Å²) in [6, 6.07) is 2.94. The molecule has 0 unspecified atom stereocenters. The Balaban J connectivity index is 0.00000364. The highest BCUT2D eigenvalue weighted by Gasteiger charge is 2.07. The number of pyridine rings is 1. The molecule has 8 nitrogen and oxygen atoms in total. The molecule has 0 atom stereocenters. The minimum absolute atomic E-state index is 0. The summed E-state index contributed by atoms with van der Waals surface area (Å²) in [6.45, 7) is 6.52. The predicted molar refractivity (Wildman–Crippen MR) is 112 cm³/mol. The van der Waals surface area contributed by atoms with Crippen LogP contribution in [0.3, 0.4) is 0 Å². The molecule has 0 aromatic carbocycles. The highest BCUT2D eigenvalue weighted by Crippen LogP contribution is 2.04. The minimum Gasteiger partial charge on any atom is -0.382 e. The Kier molecular flexibility index (Phi) is 10.8. The predicted octanol–water partition coefficient (Wildman–Crippen LogP) is 1.94. The average molecular weight is 491 g/mol. The van der Waals surface area contributed by atoms with E-state index in [1.54, 1.807) is 12.3 Å². The fourth-order valence-corrected chi connectivity index (χ4v) is 2.16. The molecular weight excluding hydrogens is 464 g/mol. The van der Waals surface area contributed by atoms with Gasteiger partial charge in [-0.15, -0.1) is 34.2 Å². The molecule has 2 N–H and O–H groups in total. The molecule has 0 aliphatic heterocycles. The fourth-order valence-electron chi connectivity index (χ4n) is 2.16. The van der Waals surface area contributed by atoms with E-state index in [0.29, 0.717) is 38.0 Å². The van der Waals surface area contributed by atoms with Gasteiger partial charge in [0.25, 0.3) is 0 Å². The van der Waals surface area contributed by atoms with Crippen LogP contribution in [0.4, 0.5) is 4.39 Å². The van der Waals surface area contributed by atoms with Crippen LogP contribution in [-0.2, 0) is 24.9 Å².